The van der Waals surface area contributed by atoms with E-state index in [9.17, 15) is 0 Å². The molecule has 0 aliphatic rings. The Hall–Kier alpha value is 1.17. The SMILES string of the molecule is Nc1c(P)c(P)c(P)c(P)c1P. The summed E-state index contributed by atoms with van der Waals surface area (Å²) in [5.74, 6) is 0. The highest BCUT2D eigenvalue weighted by Crippen LogP contribution is 2.05. The maximum atomic E-state index is 5.87. The van der Waals surface area contributed by atoms with Crippen molar-refractivity contribution in [1.29, 1.82) is 0 Å². The molecule has 0 saturated heterocycles. The molecule has 6 heteroatoms. The summed E-state index contributed by atoms with van der Waals surface area (Å²) in [5, 5.41) is 5.56. The highest BCUT2D eigenvalue weighted by molar-refractivity contribution is 7.45. The van der Waals surface area contributed by atoms with Gasteiger partial charge in [-0.3, -0.25) is 0 Å². The summed E-state index contributed by atoms with van der Waals surface area (Å²) < 4.78 is 0. The second-order valence-corrected chi connectivity index (χ2v) is 5.37. The molecule has 0 fully saturated rings. The third-order valence-electron chi connectivity index (χ3n) is 1.74. The van der Waals surface area contributed by atoms with Gasteiger partial charge in [-0.2, -0.15) is 0 Å². The van der Waals surface area contributed by atoms with Crippen molar-refractivity contribution < 1.29 is 0 Å². The van der Waals surface area contributed by atoms with Gasteiger partial charge in [0.25, 0.3) is 0 Å². The lowest BCUT2D eigenvalue weighted by Crippen LogP contribution is -2.41. The van der Waals surface area contributed by atoms with Crippen LogP contribution in [0, 0.1) is 0 Å². The summed E-state index contributed by atoms with van der Waals surface area (Å²) in [5.41, 5.74) is 6.70. The number of benzene rings is 1. The predicted molar refractivity (Wildman–Crippen MR) is 77.6 cm³/mol. The minimum absolute atomic E-state index is 0.825. The van der Waals surface area contributed by atoms with Crippen LogP contribution in [-0.4, -0.2) is 0 Å². The minimum Gasteiger partial charge on any atom is -0.398 e. The normalized spacial score (nSPS) is 10.4. The number of rotatable bonds is 0. The molecule has 1 nitrogen and oxygen atoms in total. The molecular weight excluding hydrogens is 241 g/mol. The van der Waals surface area contributed by atoms with Crippen molar-refractivity contribution in [2.45, 2.75) is 0 Å². The van der Waals surface area contributed by atoms with E-state index in [2.05, 4.69) is 46.2 Å². The monoisotopic (exact) mass is 253 g/mol. The first-order valence-electron chi connectivity index (χ1n) is 3.23. The van der Waals surface area contributed by atoms with Gasteiger partial charge in [-0.05, 0) is 15.9 Å². The molecule has 0 amide bonds. The van der Waals surface area contributed by atoms with Crippen molar-refractivity contribution in [3.63, 3.8) is 0 Å². The van der Waals surface area contributed by atoms with E-state index < -0.39 is 0 Å². The van der Waals surface area contributed by atoms with Crippen LogP contribution in [0.4, 0.5) is 5.69 Å². The largest absolute Gasteiger partial charge is 0.398 e. The molecule has 0 aliphatic carbocycles. The second kappa shape index (κ2) is 4.13. The van der Waals surface area contributed by atoms with Crippen LogP contribution in [0.3, 0.4) is 0 Å². The fourth-order valence-electron chi connectivity index (χ4n) is 0.871. The molecule has 5 atom stereocenters. The molecule has 0 spiro atoms. The van der Waals surface area contributed by atoms with Crippen molar-refractivity contribution >= 4 is 78.4 Å². The fraction of sp³-hybridized carbons (Fsp3) is 0. The molecule has 2 N–H and O–H groups in total. The van der Waals surface area contributed by atoms with Gasteiger partial charge in [-0.25, -0.2) is 0 Å². The van der Waals surface area contributed by atoms with Crippen molar-refractivity contribution in [3.8, 4) is 0 Å². The zero-order valence-electron chi connectivity index (χ0n) is 6.46. The Morgan fingerprint density at radius 2 is 0.833 bits per heavy atom. The van der Waals surface area contributed by atoms with Gasteiger partial charge < -0.3 is 5.73 Å². The smallest absolute Gasteiger partial charge is 0.0472 e. The quantitative estimate of drug-likeness (QED) is 0.455. The minimum atomic E-state index is 0.825. The number of hydrogen-bond acceptors (Lipinski definition) is 1. The Morgan fingerprint density at radius 3 is 1.17 bits per heavy atom. The standard InChI is InChI=1S/C6H12NP5/c7-1-2(8)4(10)6(12)5(11)3(1)9/h7-12H2. The van der Waals surface area contributed by atoms with Gasteiger partial charge in [0, 0.05) is 16.3 Å². The molecule has 1 rings (SSSR count). The summed E-state index contributed by atoms with van der Waals surface area (Å²) in [7, 11) is 13.4. The predicted octanol–water partition coefficient (Wildman–Crippen LogP) is -1.23. The number of nitrogens with two attached hydrogens (primary N) is 1. The first kappa shape index (κ1) is 11.2. The van der Waals surface area contributed by atoms with Crippen LogP contribution >= 0.6 is 46.2 Å². The Bertz CT molecular complexity index is 230. The Morgan fingerprint density at radius 1 is 0.583 bits per heavy atom. The summed E-state index contributed by atoms with van der Waals surface area (Å²) >= 11 is 0. The molecule has 0 bridgehead atoms. The highest BCUT2D eigenvalue weighted by atomic mass is 31.0. The maximum Gasteiger partial charge on any atom is 0.0472 e. The van der Waals surface area contributed by atoms with E-state index in [1.807, 2.05) is 0 Å². The van der Waals surface area contributed by atoms with Gasteiger partial charge in [0.05, 0.1) is 0 Å². The lowest BCUT2D eigenvalue weighted by Gasteiger charge is -2.14. The third kappa shape index (κ3) is 1.82. The Balaban J connectivity index is 3.60. The van der Waals surface area contributed by atoms with Gasteiger partial charge in [0.2, 0.25) is 0 Å². The van der Waals surface area contributed by atoms with Crippen LogP contribution in [0.2, 0.25) is 0 Å². The topological polar surface area (TPSA) is 26.0 Å². The van der Waals surface area contributed by atoms with Gasteiger partial charge in [-0.1, -0.05) is 0 Å². The number of anilines is 1. The van der Waals surface area contributed by atoms with Crippen LogP contribution in [0.15, 0.2) is 0 Å². The summed E-state index contributed by atoms with van der Waals surface area (Å²) in [6.45, 7) is 0. The second-order valence-electron chi connectivity index (χ2n) is 2.48. The molecule has 0 aromatic heterocycles. The van der Waals surface area contributed by atoms with Gasteiger partial charge in [0.15, 0.2) is 0 Å². The van der Waals surface area contributed by atoms with E-state index in [0.717, 1.165) is 26.9 Å². The van der Waals surface area contributed by atoms with E-state index in [1.54, 1.807) is 0 Å². The molecule has 66 valence electrons. The number of hydrogen-bond donors (Lipinski definition) is 1. The molecule has 12 heavy (non-hydrogen) atoms. The summed E-state index contributed by atoms with van der Waals surface area (Å²) in [6, 6.07) is 0. The summed E-state index contributed by atoms with van der Waals surface area (Å²) in [6.07, 6.45) is 0. The van der Waals surface area contributed by atoms with Crippen LogP contribution in [-0.2, 0) is 0 Å². The third-order valence-corrected chi connectivity index (χ3v) is 6.18. The molecule has 0 radical (unpaired) electrons. The lowest BCUT2D eigenvalue weighted by molar-refractivity contribution is 1.94. The van der Waals surface area contributed by atoms with Crippen LogP contribution < -0.4 is 32.3 Å². The van der Waals surface area contributed by atoms with Gasteiger partial charge in [-0.15, -0.1) is 46.2 Å². The zero-order valence-corrected chi connectivity index (χ0v) is 12.2. The van der Waals surface area contributed by atoms with E-state index in [1.165, 1.54) is 5.30 Å². The lowest BCUT2D eigenvalue weighted by atomic mass is 10.3. The van der Waals surface area contributed by atoms with Crippen LogP contribution in [0.25, 0.3) is 0 Å². The molecule has 1 aromatic carbocycles. The number of nitrogen functional groups attached to an aromatic ring is 1. The molecule has 0 heterocycles. The fourth-order valence-corrected chi connectivity index (χ4v) is 3.09. The zero-order chi connectivity index (χ0) is 9.46. The van der Waals surface area contributed by atoms with Gasteiger partial charge >= 0.3 is 0 Å². The van der Waals surface area contributed by atoms with E-state index in [4.69, 9.17) is 5.73 Å². The molecule has 1 aromatic rings. The van der Waals surface area contributed by atoms with Crippen molar-refractivity contribution in [2.24, 2.45) is 0 Å². The van der Waals surface area contributed by atoms with Crippen molar-refractivity contribution in [1.82, 2.24) is 0 Å². The Kier molecular flexibility index (Phi) is 3.87. The molecule has 0 aliphatic heterocycles. The van der Waals surface area contributed by atoms with Gasteiger partial charge in [0.1, 0.15) is 0 Å². The summed E-state index contributed by atoms with van der Waals surface area (Å²) in [4.78, 5) is 0. The highest BCUT2D eigenvalue weighted by Gasteiger charge is 2.09. The molecule has 0 saturated carbocycles. The Labute approximate surface area is 84.4 Å². The first-order valence-corrected chi connectivity index (χ1v) is 6.12. The molecular formula is C6H12NP5. The van der Waals surface area contributed by atoms with E-state index >= 15 is 0 Å². The first-order chi connectivity index (χ1) is 5.46. The molecule has 5 unspecified atom stereocenters. The average Bonchev–Trinajstić information content (AvgIpc) is 2.08. The van der Waals surface area contributed by atoms with Crippen LogP contribution in [0.1, 0.15) is 0 Å². The maximum absolute atomic E-state index is 5.87. The van der Waals surface area contributed by atoms with Crippen molar-refractivity contribution in [3.05, 3.63) is 0 Å². The van der Waals surface area contributed by atoms with Crippen LogP contribution in [0.5, 0.6) is 0 Å². The average molecular weight is 253 g/mol. The van der Waals surface area contributed by atoms with Crippen molar-refractivity contribution in [2.75, 3.05) is 5.73 Å². The van der Waals surface area contributed by atoms with E-state index in [0.29, 0.717) is 0 Å². The van der Waals surface area contributed by atoms with E-state index in [-0.39, 0.29) is 0 Å².